The molecule has 1 aromatic heterocycles. The van der Waals surface area contributed by atoms with Crippen molar-refractivity contribution in [3.05, 3.63) is 94.9 Å². The van der Waals surface area contributed by atoms with Crippen LogP contribution >= 0.6 is 0 Å². The standard InChI is InChI=1S/C29H35F2N3O3/c1-23-10-11-25(37-23)20-34(13-12-24-6-3-2-4-7-24)29(35)22-33(15-14-32-16-18-36-19-17-32)21-26-27(30)8-5-9-28(26)31/h2-11H,12-22H2,1H3. The molecule has 1 aliphatic heterocycles. The first-order chi connectivity index (χ1) is 18.0. The number of rotatable bonds is 12. The molecule has 2 heterocycles. The molecule has 0 atom stereocenters. The first kappa shape index (κ1) is 27.0. The summed E-state index contributed by atoms with van der Waals surface area (Å²) in [7, 11) is 0. The Morgan fingerprint density at radius 3 is 2.32 bits per heavy atom. The number of nitrogens with zero attached hydrogens (tertiary/aromatic N) is 3. The van der Waals surface area contributed by atoms with E-state index in [1.54, 1.807) is 4.90 Å². The number of carbonyl (C=O) groups is 1. The van der Waals surface area contributed by atoms with Gasteiger partial charge in [-0.15, -0.1) is 0 Å². The number of morpholine rings is 1. The average molecular weight is 512 g/mol. The van der Waals surface area contributed by atoms with Gasteiger partial charge >= 0.3 is 0 Å². The Morgan fingerprint density at radius 1 is 0.919 bits per heavy atom. The zero-order valence-electron chi connectivity index (χ0n) is 21.4. The van der Waals surface area contributed by atoms with Gasteiger partial charge in [-0.05, 0) is 43.2 Å². The van der Waals surface area contributed by atoms with Crippen LogP contribution in [0.2, 0.25) is 0 Å². The normalized spacial score (nSPS) is 14.3. The van der Waals surface area contributed by atoms with E-state index in [1.807, 2.05) is 54.3 Å². The molecular weight excluding hydrogens is 476 g/mol. The first-order valence-electron chi connectivity index (χ1n) is 12.8. The lowest BCUT2D eigenvalue weighted by molar-refractivity contribution is -0.133. The van der Waals surface area contributed by atoms with Crippen LogP contribution < -0.4 is 0 Å². The SMILES string of the molecule is Cc1ccc(CN(CCc2ccccc2)C(=O)CN(CCN2CCOCC2)Cc2c(F)cccc2F)o1. The van der Waals surface area contributed by atoms with Gasteiger partial charge in [-0.3, -0.25) is 14.6 Å². The van der Waals surface area contributed by atoms with Gasteiger partial charge in [0.25, 0.3) is 0 Å². The van der Waals surface area contributed by atoms with E-state index in [2.05, 4.69) is 4.90 Å². The molecule has 1 amide bonds. The van der Waals surface area contributed by atoms with Crippen molar-refractivity contribution in [1.29, 1.82) is 0 Å². The zero-order chi connectivity index (χ0) is 26.0. The molecule has 2 aromatic carbocycles. The second-order valence-electron chi connectivity index (χ2n) is 9.43. The second kappa shape index (κ2) is 13.5. The van der Waals surface area contributed by atoms with Gasteiger partial charge in [0.2, 0.25) is 5.91 Å². The molecule has 1 saturated heterocycles. The van der Waals surface area contributed by atoms with Crippen molar-refractivity contribution < 1.29 is 22.7 Å². The van der Waals surface area contributed by atoms with Crippen LogP contribution in [0.1, 0.15) is 22.6 Å². The number of amides is 1. The van der Waals surface area contributed by atoms with E-state index in [1.165, 1.54) is 18.2 Å². The minimum absolute atomic E-state index is 0.0149. The summed E-state index contributed by atoms with van der Waals surface area (Å²) in [5.41, 5.74) is 1.11. The highest BCUT2D eigenvalue weighted by molar-refractivity contribution is 5.78. The van der Waals surface area contributed by atoms with Crippen LogP contribution in [0.5, 0.6) is 0 Å². The minimum atomic E-state index is -0.601. The Balaban J connectivity index is 1.48. The summed E-state index contributed by atoms with van der Waals surface area (Å²) in [4.78, 5) is 19.5. The van der Waals surface area contributed by atoms with Crippen molar-refractivity contribution in [2.45, 2.75) is 26.4 Å². The minimum Gasteiger partial charge on any atom is -0.464 e. The van der Waals surface area contributed by atoms with Crippen molar-refractivity contribution in [2.75, 3.05) is 52.5 Å². The lowest BCUT2D eigenvalue weighted by Crippen LogP contribution is -2.45. The maximum absolute atomic E-state index is 14.5. The molecule has 0 unspecified atom stereocenters. The van der Waals surface area contributed by atoms with Gasteiger partial charge in [0.15, 0.2) is 0 Å². The van der Waals surface area contributed by atoms with Gasteiger partial charge in [0.1, 0.15) is 23.2 Å². The quantitative estimate of drug-likeness (QED) is 0.364. The summed E-state index contributed by atoms with van der Waals surface area (Å²) >= 11 is 0. The third-order valence-corrected chi connectivity index (χ3v) is 6.65. The van der Waals surface area contributed by atoms with Crippen LogP contribution in [0.15, 0.2) is 65.1 Å². The van der Waals surface area contributed by atoms with Crippen LogP contribution in [-0.2, 0) is 29.0 Å². The van der Waals surface area contributed by atoms with E-state index in [4.69, 9.17) is 9.15 Å². The molecule has 198 valence electrons. The van der Waals surface area contributed by atoms with Gasteiger partial charge in [0.05, 0.1) is 26.3 Å². The van der Waals surface area contributed by atoms with Crippen LogP contribution in [0, 0.1) is 18.6 Å². The summed E-state index contributed by atoms with van der Waals surface area (Å²) in [5, 5.41) is 0. The van der Waals surface area contributed by atoms with Gasteiger partial charge in [-0.25, -0.2) is 8.78 Å². The van der Waals surface area contributed by atoms with Crippen LogP contribution in [0.25, 0.3) is 0 Å². The highest BCUT2D eigenvalue weighted by Gasteiger charge is 2.22. The largest absolute Gasteiger partial charge is 0.464 e. The molecule has 0 spiro atoms. The van der Waals surface area contributed by atoms with E-state index >= 15 is 0 Å². The van der Waals surface area contributed by atoms with Crippen LogP contribution in [0.4, 0.5) is 8.78 Å². The zero-order valence-corrected chi connectivity index (χ0v) is 21.4. The molecule has 37 heavy (non-hydrogen) atoms. The smallest absolute Gasteiger partial charge is 0.237 e. The monoisotopic (exact) mass is 511 g/mol. The summed E-state index contributed by atoms with van der Waals surface area (Å²) < 4.78 is 40.2. The van der Waals surface area contributed by atoms with Gasteiger partial charge in [0, 0.05) is 44.8 Å². The Bertz CT molecular complexity index is 1110. The molecular formula is C29H35F2N3O3. The maximum Gasteiger partial charge on any atom is 0.237 e. The Kier molecular flexibility index (Phi) is 9.82. The number of halogens is 2. The van der Waals surface area contributed by atoms with Crippen molar-refractivity contribution in [2.24, 2.45) is 0 Å². The van der Waals surface area contributed by atoms with E-state index in [0.717, 1.165) is 24.4 Å². The summed E-state index contributed by atoms with van der Waals surface area (Å²) in [6, 6.07) is 17.6. The molecule has 0 N–H and O–H groups in total. The number of benzene rings is 2. The topological polar surface area (TPSA) is 49.2 Å². The van der Waals surface area contributed by atoms with Gasteiger partial charge in [-0.2, -0.15) is 0 Å². The van der Waals surface area contributed by atoms with E-state index in [9.17, 15) is 13.6 Å². The fourth-order valence-corrected chi connectivity index (χ4v) is 4.48. The highest BCUT2D eigenvalue weighted by atomic mass is 19.1. The van der Waals surface area contributed by atoms with Crippen molar-refractivity contribution >= 4 is 5.91 Å². The third kappa shape index (κ3) is 8.21. The summed E-state index contributed by atoms with van der Waals surface area (Å²) in [6.07, 6.45) is 0.696. The summed E-state index contributed by atoms with van der Waals surface area (Å²) in [5.74, 6) is 0.182. The van der Waals surface area contributed by atoms with Crippen molar-refractivity contribution in [3.63, 3.8) is 0 Å². The Morgan fingerprint density at radius 2 is 1.65 bits per heavy atom. The van der Waals surface area contributed by atoms with Crippen molar-refractivity contribution in [1.82, 2.24) is 14.7 Å². The first-order valence-corrected chi connectivity index (χ1v) is 12.8. The molecule has 8 heteroatoms. The Hall–Kier alpha value is -3.07. The molecule has 1 aliphatic rings. The molecule has 0 aliphatic carbocycles. The second-order valence-corrected chi connectivity index (χ2v) is 9.43. The van der Waals surface area contributed by atoms with Crippen molar-refractivity contribution in [3.8, 4) is 0 Å². The number of furan rings is 1. The maximum atomic E-state index is 14.5. The molecule has 0 radical (unpaired) electrons. The number of hydrogen-bond donors (Lipinski definition) is 0. The fraction of sp³-hybridized carbons (Fsp3) is 0.414. The third-order valence-electron chi connectivity index (χ3n) is 6.65. The fourth-order valence-electron chi connectivity index (χ4n) is 4.48. The number of ether oxygens (including phenoxy) is 1. The molecule has 4 rings (SSSR count). The average Bonchev–Trinajstić information content (AvgIpc) is 3.32. The van der Waals surface area contributed by atoms with Crippen LogP contribution in [0.3, 0.4) is 0 Å². The van der Waals surface area contributed by atoms with E-state index < -0.39 is 11.6 Å². The molecule has 6 nitrogen and oxygen atoms in total. The lowest BCUT2D eigenvalue weighted by Gasteiger charge is -2.31. The van der Waals surface area contributed by atoms with Gasteiger partial charge < -0.3 is 14.1 Å². The highest BCUT2D eigenvalue weighted by Crippen LogP contribution is 2.16. The number of carbonyl (C=O) groups excluding carboxylic acids is 1. The summed E-state index contributed by atoms with van der Waals surface area (Å²) in [6.45, 7) is 6.91. The molecule has 0 saturated carbocycles. The predicted octanol–water partition coefficient (Wildman–Crippen LogP) is 4.27. The molecule has 1 fully saturated rings. The lowest BCUT2D eigenvalue weighted by atomic mass is 10.1. The Labute approximate surface area is 217 Å². The van der Waals surface area contributed by atoms with Gasteiger partial charge in [-0.1, -0.05) is 36.4 Å². The molecule has 0 bridgehead atoms. The van der Waals surface area contributed by atoms with Crippen LogP contribution in [-0.4, -0.2) is 73.1 Å². The number of aryl methyl sites for hydroxylation is 1. The van der Waals surface area contributed by atoms with E-state index in [0.29, 0.717) is 51.6 Å². The predicted molar refractivity (Wildman–Crippen MR) is 138 cm³/mol. The molecule has 3 aromatic rings. The van der Waals surface area contributed by atoms with E-state index in [-0.39, 0.29) is 24.6 Å². The number of hydrogen-bond acceptors (Lipinski definition) is 5.